The number of dihydropyridines is 1. The summed E-state index contributed by atoms with van der Waals surface area (Å²) in [5.41, 5.74) is 1.32. The molecule has 2 nitrogen and oxygen atoms in total. The van der Waals surface area contributed by atoms with Crippen LogP contribution in [0.3, 0.4) is 0 Å². The second-order valence-corrected chi connectivity index (χ2v) is 3.85. The molecule has 2 rings (SSSR count). The van der Waals surface area contributed by atoms with E-state index in [0.29, 0.717) is 6.61 Å². The second-order valence-electron chi connectivity index (χ2n) is 3.85. The van der Waals surface area contributed by atoms with E-state index in [2.05, 4.69) is 41.4 Å². The van der Waals surface area contributed by atoms with E-state index in [1.165, 1.54) is 5.56 Å². The zero-order valence-electron chi connectivity index (χ0n) is 9.60. The fourth-order valence-electron chi connectivity index (χ4n) is 1.84. The van der Waals surface area contributed by atoms with Gasteiger partial charge in [-0.3, -0.25) is 0 Å². The van der Waals surface area contributed by atoms with Gasteiger partial charge in [-0.1, -0.05) is 42.5 Å². The van der Waals surface area contributed by atoms with Gasteiger partial charge in [0.25, 0.3) is 0 Å². The molecule has 0 amide bonds. The van der Waals surface area contributed by atoms with Gasteiger partial charge in [-0.25, -0.2) is 4.99 Å². The maximum absolute atomic E-state index is 5.45. The third kappa shape index (κ3) is 2.96. The Hall–Kier alpha value is -1.57. The Morgan fingerprint density at radius 1 is 1.31 bits per heavy atom. The minimum absolute atomic E-state index is 0.234. The van der Waals surface area contributed by atoms with E-state index in [4.69, 9.17) is 4.74 Å². The van der Waals surface area contributed by atoms with E-state index in [1.54, 1.807) is 0 Å². The van der Waals surface area contributed by atoms with Gasteiger partial charge in [-0.2, -0.15) is 0 Å². The third-order valence-electron chi connectivity index (χ3n) is 2.56. The van der Waals surface area contributed by atoms with Crippen LogP contribution >= 0.6 is 0 Å². The first-order valence-corrected chi connectivity index (χ1v) is 5.78. The monoisotopic (exact) mass is 215 g/mol. The van der Waals surface area contributed by atoms with Crippen molar-refractivity contribution in [3.05, 3.63) is 48.0 Å². The molecule has 1 heterocycles. The van der Waals surface area contributed by atoms with Gasteiger partial charge in [-0.05, 0) is 18.9 Å². The van der Waals surface area contributed by atoms with Crippen molar-refractivity contribution in [1.82, 2.24) is 0 Å². The summed E-state index contributed by atoms with van der Waals surface area (Å²) in [6.45, 7) is 2.69. The SMILES string of the molecule is CCOC1=N[C@@H](Cc2ccccc2)C=CC1. The van der Waals surface area contributed by atoms with E-state index in [1.807, 2.05) is 13.0 Å². The van der Waals surface area contributed by atoms with Crippen LogP contribution in [0.25, 0.3) is 0 Å². The van der Waals surface area contributed by atoms with Gasteiger partial charge in [0.15, 0.2) is 5.90 Å². The largest absolute Gasteiger partial charge is 0.481 e. The standard InChI is InChI=1S/C14H17NO/c1-2-16-14-10-6-9-13(15-14)11-12-7-4-3-5-8-12/h3-9,13H,2,10-11H2,1H3/t13-/m1/s1. The van der Waals surface area contributed by atoms with Gasteiger partial charge in [0, 0.05) is 6.42 Å². The summed E-state index contributed by atoms with van der Waals surface area (Å²) in [7, 11) is 0. The number of aliphatic imine (C=N–C) groups is 1. The van der Waals surface area contributed by atoms with E-state index in [9.17, 15) is 0 Å². The van der Waals surface area contributed by atoms with Gasteiger partial charge in [0.2, 0.25) is 0 Å². The molecule has 1 aromatic carbocycles. The molecule has 2 heteroatoms. The molecule has 0 aliphatic carbocycles. The second kappa shape index (κ2) is 5.50. The number of nitrogens with zero attached hydrogens (tertiary/aromatic N) is 1. The van der Waals surface area contributed by atoms with Crippen molar-refractivity contribution in [1.29, 1.82) is 0 Å². The van der Waals surface area contributed by atoms with Crippen LogP contribution in [0.5, 0.6) is 0 Å². The number of hydrogen-bond donors (Lipinski definition) is 0. The maximum Gasteiger partial charge on any atom is 0.187 e. The maximum atomic E-state index is 5.45. The molecule has 1 atom stereocenters. The van der Waals surface area contributed by atoms with E-state index < -0.39 is 0 Å². The first-order chi connectivity index (χ1) is 7.88. The van der Waals surface area contributed by atoms with Gasteiger partial charge in [0.05, 0.1) is 12.6 Å². The Bertz CT molecular complexity index is 381. The molecule has 1 aliphatic rings. The van der Waals surface area contributed by atoms with Gasteiger partial charge < -0.3 is 4.74 Å². The highest BCUT2D eigenvalue weighted by Crippen LogP contribution is 2.12. The Morgan fingerprint density at radius 3 is 2.88 bits per heavy atom. The van der Waals surface area contributed by atoms with Crippen molar-refractivity contribution in [3.8, 4) is 0 Å². The smallest absolute Gasteiger partial charge is 0.187 e. The van der Waals surface area contributed by atoms with Crippen molar-refractivity contribution < 1.29 is 4.74 Å². The number of benzene rings is 1. The first-order valence-electron chi connectivity index (χ1n) is 5.78. The zero-order chi connectivity index (χ0) is 11.2. The fraction of sp³-hybridized carbons (Fsp3) is 0.357. The van der Waals surface area contributed by atoms with Gasteiger partial charge in [-0.15, -0.1) is 0 Å². The van der Waals surface area contributed by atoms with E-state index >= 15 is 0 Å². The summed E-state index contributed by atoms with van der Waals surface area (Å²) >= 11 is 0. The first kappa shape index (κ1) is 10.9. The van der Waals surface area contributed by atoms with Crippen molar-refractivity contribution >= 4 is 5.90 Å². The fourth-order valence-corrected chi connectivity index (χ4v) is 1.84. The minimum Gasteiger partial charge on any atom is -0.481 e. The van der Waals surface area contributed by atoms with Crippen LogP contribution in [0.15, 0.2) is 47.5 Å². The quantitative estimate of drug-likeness (QED) is 0.710. The number of hydrogen-bond acceptors (Lipinski definition) is 2. The normalized spacial score (nSPS) is 19.3. The van der Waals surface area contributed by atoms with E-state index in [-0.39, 0.29) is 6.04 Å². The van der Waals surface area contributed by atoms with Crippen LogP contribution in [-0.2, 0) is 11.2 Å². The molecule has 0 aromatic heterocycles. The van der Waals surface area contributed by atoms with Gasteiger partial charge in [0.1, 0.15) is 0 Å². The van der Waals surface area contributed by atoms with Gasteiger partial charge >= 0.3 is 0 Å². The molecule has 0 radical (unpaired) electrons. The summed E-state index contributed by atoms with van der Waals surface area (Å²) < 4.78 is 5.45. The molecule has 0 N–H and O–H groups in total. The minimum atomic E-state index is 0.234. The van der Waals surface area contributed by atoms with Crippen molar-refractivity contribution in [3.63, 3.8) is 0 Å². The molecule has 84 valence electrons. The molecule has 0 saturated heterocycles. The summed E-state index contributed by atoms with van der Waals surface area (Å²) in [4.78, 5) is 4.57. The van der Waals surface area contributed by atoms with Crippen LogP contribution < -0.4 is 0 Å². The zero-order valence-corrected chi connectivity index (χ0v) is 9.60. The molecule has 0 bridgehead atoms. The highest BCUT2D eigenvalue weighted by molar-refractivity contribution is 5.78. The predicted molar refractivity (Wildman–Crippen MR) is 66.8 cm³/mol. The Labute approximate surface area is 96.7 Å². The highest BCUT2D eigenvalue weighted by Gasteiger charge is 2.10. The van der Waals surface area contributed by atoms with Crippen LogP contribution in [0.2, 0.25) is 0 Å². The lowest BCUT2D eigenvalue weighted by atomic mass is 10.0. The summed E-state index contributed by atoms with van der Waals surface area (Å²) in [5, 5.41) is 0. The predicted octanol–water partition coefficient (Wildman–Crippen LogP) is 2.99. The van der Waals surface area contributed by atoms with Crippen molar-refractivity contribution in [2.24, 2.45) is 4.99 Å². The van der Waals surface area contributed by atoms with Crippen LogP contribution in [0.4, 0.5) is 0 Å². The lowest BCUT2D eigenvalue weighted by Crippen LogP contribution is -2.15. The summed E-state index contributed by atoms with van der Waals surface area (Å²) in [6.07, 6.45) is 6.09. The molecule has 0 fully saturated rings. The number of rotatable bonds is 3. The molecule has 16 heavy (non-hydrogen) atoms. The highest BCUT2D eigenvalue weighted by atomic mass is 16.5. The van der Waals surface area contributed by atoms with Crippen LogP contribution in [0.1, 0.15) is 18.9 Å². The molecular weight excluding hydrogens is 198 g/mol. The Balaban J connectivity index is 2.00. The Kier molecular flexibility index (Phi) is 3.76. The molecule has 0 spiro atoms. The lowest BCUT2D eigenvalue weighted by molar-refractivity contribution is 0.316. The molecular formula is C14H17NO. The molecule has 0 unspecified atom stereocenters. The molecule has 1 aliphatic heterocycles. The van der Waals surface area contributed by atoms with Crippen LogP contribution in [0, 0.1) is 0 Å². The average Bonchev–Trinajstić information content (AvgIpc) is 2.31. The Morgan fingerprint density at radius 2 is 2.12 bits per heavy atom. The van der Waals surface area contributed by atoms with E-state index in [0.717, 1.165) is 18.7 Å². The third-order valence-corrected chi connectivity index (χ3v) is 2.56. The topological polar surface area (TPSA) is 21.6 Å². The van der Waals surface area contributed by atoms with Crippen molar-refractivity contribution in [2.45, 2.75) is 25.8 Å². The number of ether oxygens (including phenoxy) is 1. The summed E-state index contributed by atoms with van der Waals surface area (Å²) in [5.74, 6) is 0.867. The molecule has 1 aromatic rings. The van der Waals surface area contributed by atoms with Crippen molar-refractivity contribution in [2.75, 3.05) is 6.61 Å². The lowest BCUT2D eigenvalue weighted by Gasteiger charge is -2.15. The average molecular weight is 215 g/mol. The summed E-state index contributed by atoms with van der Waals surface area (Å²) in [6, 6.07) is 10.7. The molecule has 0 saturated carbocycles. The van der Waals surface area contributed by atoms with Crippen LogP contribution in [-0.4, -0.2) is 18.5 Å².